The molecular formula is C22H23NOS. The van der Waals surface area contributed by atoms with Crippen LogP contribution in [0.5, 0.6) is 0 Å². The Balaban J connectivity index is 1.44. The van der Waals surface area contributed by atoms with Gasteiger partial charge in [-0.25, -0.2) is 0 Å². The summed E-state index contributed by atoms with van der Waals surface area (Å²) in [6.45, 7) is 1.01. The predicted octanol–water partition coefficient (Wildman–Crippen LogP) is 4.92. The number of hydrogen-bond acceptors (Lipinski definition) is 3. The van der Waals surface area contributed by atoms with Crippen molar-refractivity contribution in [1.82, 2.24) is 4.90 Å². The zero-order valence-electron chi connectivity index (χ0n) is 14.3. The Bertz CT molecular complexity index is 873. The van der Waals surface area contributed by atoms with Crippen molar-refractivity contribution in [3.05, 3.63) is 71.1 Å². The fraction of sp³-hybridized carbons (Fsp3) is 0.364. The third kappa shape index (κ3) is 2.62. The van der Waals surface area contributed by atoms with Gasteiger partial charge in [-0.05, 0) is 48.1 Å². The molecule has 3 aromatic rings. The molecule has 2 aromatic carbocycles. The maximum absolute atomic E-state index is 11.6. The molecule has 2 aliphatic heterocycles. The van der Waals surface area contributed by atoms with E-state index in [0.29, 0.717) is 12.1 Å². The number of thiophene rings is 1. The van der Waals surface area contributed by atoms with Crippen molar-refractivity contribution < 1.29 is 5.11 Å². The van der Waals surface area contributed by atoms with Crippen molar-refractivity contribution >= 4 is 21.4 Å². The van der Waals surface area contributed by atoms with E-state index in [1.165, 1.54) is 28.5 Å². The lowest BCUT2D eigenvalue weighted by Crippen LogP contribution is -2.49. The topological polar surface area (TPSA) is 23.5 Å². The molecule has 0 radical (unpaired) electrons. The summed E-state index contributed by atoms with van der Waals surface area (Å²) in [5.74, 6) is 0. The molecule has 0 saturated carbocycles. The van der Waals surface area contributed by atoms with Crippen molar-refractivity contribution in [2.45, 2.75) is 49.9 Å². The second kappa shape index (κ2) is 5.94. The van der Waals surface area contributed by atoms with Crippen LogP contribution in [0.25, 0.3) is 10.1 Å². The Kier molecular flexibility index (Phi) is 3.70. The van der Waals surface area contributed by atoms with Crippen molar-refractivity contribution in [2.24, 2.45) is 0 Å². The van der Waals surface area contributed by atoms with Gasteiger partial charge in [0.05, 0.1) is 5.60 Å². The van der Waals surface area contributed by atoms with Crippen molar-refractivity contribution in [3.63, 3.8) is 0 Å². The Labute approximate surface area is 152 Å². The molecule has 2 saturated heterocycles. The molecule has 1 aromatic heterocycles. The molecule has 128 valence electrons. The second-order valence-corrected chi connectivity index (χ2v) is 8.54. The van der Waals surface area contributed by atoms with E-state index in [1.54, 1.807) is 11.3 Å². The van der Waals surface area contributed by atoms with Crippen molar-refractivity contribution in [1.29, 1.82) is 0 Å². The van der Waals surface area contributed by atoms with Gasteiger partial charge in [0, 0.05) is 28.9 Å². The molecule has 1 N–H and O–H groups in total. The number of nitrogens with zero attached hydrogens (tertiary/aromatic N) is 1. The summed E-state index contributed by atoms with van der Waals surface area (Å²) in [5, 5.41) is 15.0. The highest BCUT2D eigenvalue weighted by atomic mass is 32.1. The molecular weight excluding hydrogens is 326 g/mol. The third-order valence-electron chi connectivity index (χ3n) is 6.11. The van der Waals surface area contributed by atoms with Crippen LogP contribution in [0.3, 0.4) is 0 Å². The average molecular weight is 349 g/mol. The maximum Gasteiger partial charge on any atom is 0.0940 e. The highest BCUT2D eigenvalue weighted by Crippen LogP contribution is 2.48. The molecule has 2 fully saturated rings. The Morgan fingerprint density at radius 2 is 1.64 bits per heavy atom. The number of benzene rings is 2. The molecule has 2 bridgehead atoms. The molecule has 3 heterocycles. The summed E-state index contributed by atoms with van der Waals surface area (Å²) in [6, 6.07) is 20.2. The normalized spacial score (nSPS) is 29.3. The van der Waals surface area contributed by atoms with Gasteiger partial charge in [-0.1, -0.05) is 48.5 Å². The SMILES string of the molecule is OC1(c2csc3ccccc23)CC2CCC(C1)N2Cc1ccccc1. The fourth-order valence-corrected chi connectivity index (χ4v) is 5.98. The highest BCUT2D eigenvalue weighted by molar-refractivity contribution is 7.17. The average Bonchev–Trinajstić information content (AvgIpc) is 3.17. The predicted molar refractivity (Wildman–Crippen MR) is 104 cm³/mol. The van der Waals surface area contributed by atoms with E-state index in [0.717, 1.165) is 24.9 Å². The number of piperidine rings is 1. The molecule has 5 rings (SSSR count). The van der Waals surface area contributed by atoms with E-state index in [1.807, 2.05) is 0 Å². The summed E-state index contributed by atoms with van der Waals surface area (Å²) in [4.78, 5) is 2.64. The van der Waals surface area contributed by atoms with E-state index in [-0.39, 0.29) is 0 Å². The first-order valence-corrected chi connectivity index (χ1v) is 10.1. The van der Waals surface area contributed by atoms with Gasteiger partial charge in [0.15, 0.2) is 0 Å². The van der Waals surface area contributed by atoms with Crippen LogP contribution in [0, 0.1) is 0 Å². The highest BCUT2D eigenvalue weighted by Gasteiger charge is 2.48. The quantitative estimate of drug-likeness (QED) is 0.726. The monoisotopic (exact) mass is 349 g/mol. The Morgan fingerprint density at radius 3 is 2.40 bits per heavy atom. The van der Waals surface area contributed by atoms with Gasteiger partial charge in [-0.15, -0.1) is 11.3 Å². The minimum Gasteiger partial charge on any atom is -0.385 e. The lowest BCUT2D eigenvalue weighted by molar-refractivity contribution is -0.0582. The van der Waals surface area contributed by atoms with Gasteiger partial charge in [-0.3, -0.25) is 4.90 Å². The summed E-state index contributed by atoms with van der Waals surface area (Å²) >= 11 is 1.76. The number of rotatable bonds is 3. The fourth-order valence-electron chi connectivity index (χ4n) is 4.93. The van der Waals surface area contributed by atoms with Gasteiger partial charge in [-0.2, -0.15) is 0 Å². The molecule has 25 heavy (non-hydrogen) atoms. The van der Waals surface area contributed by atoms with Crippen LogP contribution in [0.1, 0.15) is 36.8 Å². The molecule has 3 heteroatoms. The zero-order valence-corrected chi connectivity index (χ0v) is 15.1. The summed E-state index contributed by atoms with van der Waals surface area (Å²) in [6.07, 6.45) is 4.14. The van der Waals surface area contributed by atoms with Crippen LogP contribution in [-0.4, -0.2) is 22.1 Å². The zero-order chi connectivity index (χ0) is 16.9. The molecule has 2 unspecified atom stereocenters. The first-order chi connectivity index (χ1) is 12.2. The first-order valence-electron chi connectivity index (χ1n) is 9.22. The minimum absolute atomic E-state index is 0.489. The third-order valence-corrected chi connectivity index (χ3v) is 7.07. The van der Waals surface area contributed by atoms with E-state index >= 15 is 0 Å². The van der Waals surface area contributed by atoms with E-state index in [9.17, 15) is 5.11 Å². The number of aliphatic hydroxyl groups is 1. The van der Waals surface area contributed by atoms with Crippen LogP contribution in [0.15, 0.2) is 60.0 Å². The van der Waals surface area contributed by atoms with Crippen LogP contribution in [0.2, 0.25) is 0 Å². The molecule has 2 atom stereocenters. The largest absolute Gasteiger partial charge is 0.385 e. The minimum atomic E-state index is -0.668. The Hall–Kier alpha value is -1.68. The molecule has 0 amide bonds. The van der Waals surface area contributed by atoms with Crippen LogP contribution in [-0.2, 0) is 12.1 Å². The lowest BCUT2D eigenvalue weighted by Gasteiger charge is -2.44. The molecule has 0 aliphatic carbocycles. The summed E-state index contributed by atoms with van der Waals surface area (Å²) < 4.78 is 1.28. The van der Waals surface area contributed by atoms with Gasteiger partial charge in [0.1, 0.15) is 0 Å². The van der Waals surface area contributed by atoms with Crippen molar-refractivity contribution in [2.75, 3.05) is 0 Å². The van der Waals surface area contributed by atoms with Crippen LogP contribution >= 0.6 is 11.3 Å². The summed E-state index contributed by atoms with van der Waals surface area (Å²) in [7, 11) is 0. The molecule has 2 aliphatic rings. The number of hydrogen-bond donors (Lipinski definition) is 1. The van der Waals surface area contributed by atoms with E-state index in [2.05, 4.69) is 64.9 Å². The van der Waals surface area contributed by atoms with Crippen LogP contribution in [0.4, 0.5) is 0 Å². The first kappa shape index (κ1) is 15.6. The van der Waals surface area contributed by atoms with Gasteiger partial charge in [0.2, 0.25) is 0 Å². The Morgan fingerprint density at radius 1 is 0.960 bits per heavy atom. The smallest absolute Gasteiger partial charge is 0.0940 e. The maximum atomic E-state index is 11.6. The van der Waals surface area contributed by atoms with Crippen molar-refractivity contribution in [3.8, 4) is 0 Å². The van der Waals surface area contributed by atoms with E-state index in [4.69, 9.17) is 0 Å². The number of fused-ring (bicyclic) bond motifs is 3. The van der Waals surface area contributed by atoms with Gasteiger partial charge >= 0.3 is 0 Å². The van der Waals surface area contributed by atoms with Gasteiger partial charge in [0.25, 0.3) is 0 Å². The molecule has 0 spiro atoms. The van der Waals surface area contributed by atoms with E-state index < -0.39 is 5.60 Å². The standard InChI is InChI=1S/C22H23NOS/c24-22(20-15-25-21-9-5-4-8-19(20)21)12-17-10-11-18(13-22)23(17)14-16-6-2-1-3-7-16/h1-9,15,17-18,24H,10-14H2. The second-order valence-electron chi connectivity index (χ2n) is 7.63. The molecule has 2 nitrogen and oxygen atoms in total. The lowest BCUT2D eigenvalue weighted by atomic mass is 9.80. The van der Waals surface area contributed by atoms with Crippen LogP contribution < -0.4 is 0 Å². The summed E-state index contributed by atoms with van der Waals surface area (Å²) in [5.41, 5.74) is 1.87. The van der Waals surface area contributed by atoms with Gasteiger partial charge < -0.3 is 5.11 Å².